The number of carbonyl (C=O) groups is 2. The van der Waals surface area contributed by atoms with Crippen molar-refractivity contribution in [3.05, 3.63) is 0 Å². The molecule has 1 rings (SSSR count). The predicted molar refractivity (Wildman–Crippen MR) is 57.4 cm³/mol. The predicted octanol–water partition coefficient (Wildman–Crippen LogP) is 0.416. The summed E-state index contributed by atoms with van der Waals surface area (Å²) in [4.78, 5) is 23.1. The van der Waals surface area contributed by atoms with E-state index in [1.165, 1.54) is 0 Å². The van der Waals surface area contributed by atoms with Gasteiger partial charge in [0.2, 0.25) is 0 Å². The van der Waals surface area contributed by atoms with Gasteiger partial charge in [-0.1, -0.05) is 0 Å². The van der Waals surface area contributed by atoms with Crippen LogP contribution in [0.4, 0.5) is 18.0 Å². The molecule has 0 aromatic rings. The molecule has 1 aliphatic rings. The molecule has 2 atom stereocenters. The molecule has 0 bridgehead atoms. The number of rotatable bonds is 3. The molecule has 0 aromatic carbocycles. The van der Waals surface area contributed by atoms with Crippen molar-refractivity contribution in [2.45, 2.75) is 25.1 Å². The van der Waals surface area contributed by atoms with Crippen LogP contribution in [-0.2, 0) is 4.79 Å². The lowest BCUT2D eigenvalue weighted by Crippen LogP contribution is -2.53. The zero-order valence-corrected chi connectivity index (χ0v) is 9.98. The first-order valence-corrected chi connectivity index (χ1v) is 5.71. The molecule has 0 radical (unpaired) electrons. The van der Waals surface area contributed by atoms with Crippen LogP contribution in [0.25, 0.3) is 0 Å². The summed E-state index contributed by atoms with van der Waals surface area (Å²) in [5.74, 6) is -3.04. The van der Waals surface area contributed by atoms with Gasteiger partial charge in [-0.2, -0.15) is 13.2 Å². The van der Waals surface area contributed by atoms with Crippen molar-refractivity contribution in [3.63, 3.8) is 0 Å². The van der Waals surface area contributed by atoms with Crippen molar-refractivity contribution in [1.82, 2.24) is 10.2 Å². The van der Waals surface area contributed by atoms with Crippen LogP contribution in [0, 0.1) is 5.92 Å². The number of nitrogens with zero attached hydrogens (tertiary/aromatic N) is 1. The summed E-state index contributed by atoms with van der Waals surface area (Å²) in [6, 6.07) is -2.42. The second kappa shape index (κ2) is 6.09. The Morgan fingerprint density at radius 1 is 1.42 bits per heavy atom. The molecule has 19 heavy (non-hydrogen) atoms. The number of urea groups is 1. The number of carboxylic acids is 1. The van der Waals surface area contributed by atoms with E-state index in [2.05, 4.69) is 0 Å². The highest BCUT2D eigenvalue weighted by Crippen LogP contribution is 2.33. The maximum Gasteiger partial charge on any atom is 0.393 e. The van der Waals surface area contributed by atoms with Gasteiger partial charge in [0.1, 0.15) is 0 Å². The molecule has 0 aliphatic carbocycles. The minimum Gasteiger partial charge on any atom is -0.480 e. The Morgan fingerprint density at radius 2 is 2.05 bits per heavy atom. The average Bonchev–Trinajstić information content (AvgIpc) is 2.34. The van der Waals surface area contributed by atoms with E-state index in [1.54, 1.807) is 0 Å². The molecular formula is C10H15F3N2O4. The third-order valence-corrected chi connectivity index (χ3v) is 2.95. The number of alkyl halides is 3. The van der Waals surface area contributed by atoms with Crippen LogP contribution in [0.3, 0.4) is 0 Å². The summed E-state index contributed by atoms with van der Waals surface area (Å²) in [5.41, 5.74) is 0. The topological polar surface area (TPSA) is 89.9 Å². The van der Waals surface area contributed by atoms with Gasteiger partial charge in [-0.25, -0.2) is 9.59 Å². The smallest absolute Gasteiger partial charge is 0.393 e. The summed E-state index contributed by atoms with van der Waals surface area (Å²) in [7, 11) is 0. The van der Waals surface area contributed by atoms with Crippen LogP contribution < -0.4 is 5.32 Å². The van der Waals surface area contributed by atoms with Crippen LogP contribution in [0.15, 0.2) is 0 Å². The van der Waals surface area contributed by atoms with E-state index < -0.39 is 43.3 Å². The van der Waals surface area contributed by atoms with Crippen molar-refractivity contribution < 1.29 is 33.0 Å². The summed E-state index contributed by atoms with van der Waals surface area (Å²) < 4.78 is 37.6. The Kier molecular flexibility index (Phi) is 4.98. The molecule has 1 fully saturated rings. The first-order valence-electron chi connectivity index (χ1n) is 5.71. The molecule has 2 unspecified atom stereocenters. The number of aliphatic carboxylic acids is 1. The van der Waals surface area contributed by atoms with Crippen molar-refractivity contribution in [3.8, 4) is 0 Å². The largest absolute Gasteiger partial charge is 0.480 e. The Morgan fingerprint density at radius 3 is 2.53 bits per heavy atom. The first-order chi connectivity index (χ1) is 8.75. The van der Waals surface area contributed by atoms with Crippen LogP contribution in [0.1, 0.15) is 12.8 Å². The number of amides is 2. The van der Waals surface area contributed by atoms with E-state index >= 15 is 0 Å². The standard InChI is InChI=1S/C10H15F3N2O4/c11-10(12,13)6-2-1-3-15(4-6)9(19)14-7(5-16)8(17)18/h6-7,16H,1-5H2,(H,14,19)(H,17,18). The quantitative estimate of drug-likeness (QED) is 0.700. The molecule has 0 aromatic heterocycles. The van der Waals surface area contributed by atoms with E-state index in [-0.39, 0.29) is 19.4 Å². The number of halogens is 3. The van der Waals surface area contributed by atoms with Crippen LogP contribution in [0.5, 0.6) is 0 Å². The maximum absolute atomic E-state index is 12.5. The third kappa shape index (κ3) is 4.27. The van der Waals surface area contributed by atoms with Crippen molar-refractivity contribution in [1.29, 1.82) is 0 Å². The first kappa shape index (κ1) is 15.5. The molecule has 0 saturated carbocycles. The number of nitrogens with one attached hydrogen (secondary N) is 1. The zero-order chi connectivity index (χ0) is 14.6. The molecular weight excluding hydrogens is 269 g/mol. The number of likely N-dealkylation sites (tertiary alicyclic amines) is 1. The fraction of sp³-hybridized carbons (Fsp3) is 0.800. The number of aliphatic hydroxyl groups excluding tert-OH is 1. The average molecular weight is 284 g/mol. The van der Waals surface area contributed by atoms with E-state index in [9.17, 15) is 22.8 Å². The fourth-order valence-electron chi connectivity index (χ4n) is 1.85. The lowest BCUT2D eigenvalue weighted by molar-refractivity contribution is -0.184. The number of carboxylic acid groups (broad SMARTS) is 1. The van der Waals surface area contributed by atoms with Crippen LogP contribution >= 0.6 is 0 Å². The maximum atomic E-state index is 12.5. The van der Waals surface area contributed by atoms with Crippen molar-refractivity contribution >= 4 is 12.0 Å². The van der Waals surface area contributed by atoms with Gasteiger partial charge in [0.05, 0.1) is 12.5 Å². The second-order valence-electron chi connectivity index (χ2n) is 4.35. The Bertz CT molecular complexity index is 348. The molecule has 9 heteroatoms. The molecule has 110 valence electrons. The van der Waals surface area contributed by atoms with E-state index in [0.29, 0.717) is 0 Å². The highest BCUT2D eigenvalue weighted by Gasteiger charge is 2.42. The van der Waals surface area contributed by atoms with Gasteiger partial charge in [-0.3, -0.25) is 0 Å². The molecule has 0 spiro atoms. The van der Waals surface area contributed by atoms with Gasteiger partial charge in [-0.15, -0.1) is 0 Å². The number of carbonyl (C=O) groups excluding carboxylic acids is 1. The van der Waals surface area contributed by atoms with E-state index in [0.717, 1.165) is 4.90 Å². The molecule has 1 heterocycles. The van der Waals surface area contributed by atoms with Gasteiger partial charge >= 0.3 is 18.2 Å². The fourth-order valence-corrected chi connectivity index (χ4v) is 1.85. The van der Waals surface area contributed by atoms with Crippen molar-refractivity contribution in [2.75, 3.05) is 19.7 Å². The summed E-state index contributed by atoms with van der Waals surface area (Å²) >= 11 is 0. The Hall–Kier alpha value is -1.51. The molecule has 2 amide bonds. The Balaban J connectivity index is 2.60. The highest BCUT2D eigenvalue weighted by atomic mass is 19.4. The molecule has 6 nitrogen and oxygen atoms in total. The van der Waals surface area contributed by atoms with E-state index in [1.807, 2.05) is 5.32 Å². The summed E-state index contributed by atoms with van der Waals surface area (Å²) in [6.45, 7) is -1.18. The van der Waals surface area contributed by atoms with Crippen molar-refractivity contribution in [2.24, 2.45) is 5.92 Å². The Labute approximate surface area is 107 Å². The van der Waals surface area contributed by atoms with Gasteiger partial charge in [-0.05, 0) is 12.8 Å². The lowest BCUT2D eigenvalue weighted by atomic mass is 9.98. The van der Waals surface area contributed by atoms with Gasteiger partial charge in [0, 0.05) is 13.1 Å². The van der Waals surface area contributed by atoms with Crippen LogP contribution in [0.2, 0.25) is 0 Å². The number of piperidine rings is 1. The lowest BCUT2D eigenvalue weighted by Gasteiger charge is -2.34. The molecule has 1 aliphatic heterocycles. The number of aliphatic hydroxyl groups is 1. The minimum atomic E-state index is -4.37. The van der Waals surface area contributed by atoms with E-state index in [4.69, 9.17) is 10.2 Å². The highest BCUT2D eigenvalue weighted by molar-refractivity contribution is 5.82. The number of hydrogen-bond acceptors (Lipinski definition) is 3. The molecule has 3 N–H and O–H groups in total. The third-order valence-electron chi connectivity index (χ3n) is 2.95. The summed E-state index contributed by atoms with van der Waals surface area (Å²) in [6.07, 6.45) is -4.22. The number of hydrogen-bond donors (Lipinski definition) is 3. The van der Waals surface area contributed by atoms with Gasteiger partial charge in [0.15, 0.2) is 6.04 Å². The zero-order valence-electron chi connectivity index (χ0n) is 9.98. The van der Waals surface area contributed by atoms with Gasteiger partial charge in [0.25, 0.3) is 0 Å². The second-order valence-corrected chi connectivity index (χ2v) is 4.35. The summed E-state index contributed by atoms with van der Waals surface area (Å²) in [5, 5.41) is 19.3. The van der Waals surface area contributed by atoms with Crippen LogP contribution in [-0.4, -0.2) is 59.0 Å². The normalized spacial score (nSPS) is 21.9. The monoisotopic (exact) mass is 284 g/mol. The van der Waals surface area contributed by atoms with Gasteiger partial charge < -0.3 is 20.4 Å². The molecule has 1 saturated heterocycles. The SMILES string of the molecule is O=C(O)C(CO)NC(=O)N1CCCC(C(F)(F)F)C1. The minimum absolute atomic E-state index is 0.0460.